The highest BCUT2D eigenvalue weighted by Gasteiger charge is 2.38. The Labute approximate surface area is 200 Å². The Kier molecular flexibility index (Phi) is 9.12. The molecule has 1 aromatic carbocycles. The van der Waals surface area contributed by atoms with Gasteiger partial charge in [0.1, 0.15) is 0 Å². The maximum atomic E-state index is 13.1. The molecule has 2 aliphatic rings. The second-order valence-electron chi connectivity index (χ2n) is 9.31. The summed E-state index contributed by atoms with van der Waals surface area (Å²) in [5.41, 5.74) is 2.71. The van der Waals surface area contributed by atoms with Crippen LogP contribution in [0.5, 0.6) is 0 Å². The number of nitrogens with one attached hydrogen (secondary N) is 1. The predicted octanol–water partition coefficient (Wildman–Crippen LogP) is 1.77. The maximum Gasteiger partial charge on any atom is 0.407 e. The second kappa shape index (κ2) is 12.0. The molecule has 0 radical (unpaired) electrons. The molecule has 34 heavy (non-hydrogen) atoms. The lowest BCUT2D eigenvalue weighted by Gasteiger charge is -2.42. The number of aliphatic hydroxyl groups excluding tert-OH is 1. The summed E-state index contributed by atoms with van der Waals surface area (Å²) in [5.74, 6) is -1.09. The number of carboxylic acid groups (broad SMARTS) is 1. The van der Waals surface area contributed by atoms with E-state index in [1.54, 1.807) is 12.4 Å². The molecule has 188 valence electrons. The van der Waals surface area contributed by atoms with Crippen LogP contribution in [0.4, 0.5) is 10.5 Å². The summed E-state index contributed by atoms with van der Waals surface area (Å²) in [6.45, 7) is 4.18. The van der Waals surface area contributed by atoms with Crippen molar-refractivity contribution in [1.29, 1.82) is 0 Å². The van der Waals surface area contributed by atoms with Crippen molar-refractivity contribution in [3.05, 3.63) is 30.3 Å². The van der Waals surface area contributed by atoms with Gasteiger partial charge in [-0.3, -0.25) is 19.7 Å². The van der Waals surface area contributed by atoms with E-state index < -0.39 is 30.6 Å². The van der Waals surface area contributed by atoms with Crippen molar-refractivity contribution in [3.63, 3.8) is 0 Å². The van der Waals surface area contributed by atoms with Crippen LogP contribution in [0.1, 0.15) is 39.0 Å². The quantitative estimate of drug-likeness (QED) is 0.332. The average molecular weight is 477 g/mol. The van der Waals surface area contributed by atoms with Crippen LogP contribution in [-0.2, 0) is 9.59 Å². The lowest BCUT2D eigenvalue weighted by Crippen LogP contribution is -2.54. The fourth-order valence-corrected chi connectivity index (χ4v) is 5.27. The van der Waals surface area contributed by atoms with Gasteiger partial charge in [0.2, 0.25) is 11.8 Å². The van der Waals surface area contributed by atoms with Gasteiger partial charge in [-0.25, -0.2) is 10.3 Å². The molecule has 1 unspecified atom stereocenters. The SMILES string of the molecule is CC(CC(=O)NO)[C@H](CO)N(C(=O)O)C1CCC(C(=O)N2CCN(c3ccccc3)CC2)CC1. The first-order valence-electron chi connectivity index (χ1n) is 12.0. The number of carbonyl (C=O) groups is 3. The molecule has 1 heterocycles. The second-order valence-corrected chi connectivity index (χ2v) is 9.31. The van der Waals surface area contributed by atoms with Crippen LogP contribution in [0.2, 0.25) is 0 Å². The molecule has 10 heteroatoms. The van der Waals surface area contributed by atoms with Gasteiger partial charge in [0.25, 0.3) is 0 Å². The minimum absolute atomic E-state index is 0.103. The number of aliphatic hydroxyl groups is 1. The van der Waals surface area contributed by atoms with Crippen molar-refractivity contribution in [2.24, 2.45) is 11.8 Å². The zero-order valence-electron chi connectivity index (χ0n) is 19.7. The minimum Gasteiger partial charge on any atom is -0.465 e. The highest BCUT2D eigenvalue weighted by Crippen LogP contribution is 2.32. The fraction of sp³-hybridized carbons (Fsp3) is 0.625. The van der Waals surface area contributed by atoms with E-state index in [2.05, 4.69) is 17.0 Å². The molecule has 1 saturated carbocycles. The molecular weight excluding hydrogens is 440 g/mol. The van der Waals surface area contributed by atoms with Gasteiger partial charge >= 0.3 is 6.09 Å². The molecule has 1 saturated heterocycles. The molecule has 1 aromatic rings. The molecule has 0 bridgehead atoms. The van der Waals surface area contributed by atoms with Gasteiger partial charge in [0.05, 0.1) is 12.6 Å². The van der Waals surface area contributed by atoms with Crippen LogP contribution < -0.4 is 10.4 Å². The summed E-state index contributed by atoms with van der Waals surface area (Å²) in [6, 6.07) is 9.06. The summed E-state index contributed by atoms with van der Waals surface area (Å²) in [7, 11) is 0. The van der Waals surface area contributed by atoms with E-state index in [-0.39, 0.29) is 24.3 Å². The van der Waals surface area contributed by atoms with Crippen molar-refractivity contribution in [1.82, 2.24) is 15.3 Å². The third kappa shape index (κ3) is 6.18. The molecule has 2 fully saturated rings. The Morgan fingerprint density at radius 3 is 2.21 bits per heavy atom. The van der Waals surface area contributed by atoms with E-state index in [4.69, 9.17) is 5.21 Å². The Balaban J connectivity index is 1.54. The van der Waals surface area contributed by atoms with E-state index in [1.165, 1.54) is 4.90 Å². The fourth-order valence-electron chi connectivity index (χ4n) is 5.27. The molecule has 0 spiro atoms. The molecule has 10 nitrogen and oxygen atoms in total. The highest BCUT2D eigenvalue weighted by molar-refractivity contribution is 5.79. The van der Waals surface area contributed by atoms with Gasteiger partial charge in [0, 0.05) is 50.2 Å². The van der Waals surface area contributed by atoms with Crippen molar-refractivity contribution < 1.29 is 29.8 Å². The third-order valence-electron chi connectivity index (χ3n) is 7.21. The summed E-state index contributed by atoms with van der Waals surface area (Å²) in [5, 5.41) is 28.5. The number of hydrogen-bond donors (Lipinski definition) is 4. The van der Waals surface area contributed by atoms with Gasteiger partial charge in [-0.15, -0.1) is 0 Å². The lowest BCUT2D eigenvalue weighted by molar-refractivity contribution is -0.137. The van der Waals surface area contributed by atoms with Crippen LogP contribution in [0, 0.1) is 11.8 Å². The van der Waals surface area contributed by atoms with E-state index in [0.717, 1.165) is 18.8 Å². The van der Waals surface area contributed by atoms with Crippen molar-refractivity contribution in [3.8, 4) is 0 Å². The van der Waals surface area contributed by atoms with Crippen molar-refractivity contribution in [2.45, 2.75) is 51.1 Å². The van der Waals surface area contributed by atoms with Crippen molar-refractivity contribution >= 4 is 23.6 Å². The topological polar surface area (TPSA) is 134 Å². The van der Waals surface area contributed by atoms with Crippen LogP contribution in [0.15, 0.2) is 30.3 Å². The minimum atomic E-state index is -1.15. The molecule has 0 aromatic heterocycles. The summed E-state index contributed by atoms with van der Waals surface area (Å²) < 4.78 is 0. The Hall–Kier alpha value is -2.85. The Morgan fingerprint density at radius 1 is 1.06 bits per heavy atom. The van der Waals surface area contributed by atoms with E-state index in [1.807, 2.05) is 23.1 Å². The van der Waals surface area contributed by atoms with Crippen molar-refractivity contribution in [2.75, 3.05) is 37.7 Å². The number of para-hydroxylation sites is 1. The summed E-state index contributed by atoms with van der Waals surface area (Å²) in [6.07, 6.45) is 0.992. The predicted molar refractivity (Wildman–Crippen MR) is 125 cm³/mol. The van der Waals surface area contributed by atoms with Crippen LogP contribution in [0.25, 0.3) is 0 Å². The monoisotopic (exact) mass is 476 g/mol. The van der Waals surface area contributed by atoms with Gasteiger partial charge in [-0.05, 0) is 43.7 Å². The van der Waals surface area contributed by atoms with Gasteiger partial charge in [0.15, 0.2) is 0 Å². The first-order chi connectivity index (χ1) is 16.3. The summed E-state index contributed by atoms with van der Waals surface area (Å²) >= 11 is 0. The number of amides is 3. The number of anilines is 1. The molecule has 2 atom stereocenters. The van der Waals surface area contributed by atoms with E-state index >= 15 is 0 Å². The molecule has 3 rings (SSSR count). The number of piperazine rings is 1. The number of benzene rings is 1. The lowest BCUT2D eigenvalue weighted by atomic mass is 9.83. The van der Waals surface area contributed by atoms with Gasteiger partial charge in [-0.2, -0.15) is 0 Å². The standard InChI is InChI=1S/C24H36N4O6/c1-17(15-22(30)25-34)21(16-29)28(24(32)33)20-9-7-18(8-10-20)23(31)27-13-11-26(12-14-27)19-5-3-2-4-6-19/h2-6,17-18,20-21,29,34H,7-16H2,1H3,(H,25,30)(H,32,33)/t17?,18?,20?,21-/m0/s1. The van der Waals surface area contributed by atoms with E-state index in [9.17, 15) is 24.6 Å². The number of hydrogen-bond acceptors (Lipinski definition) is 6. The molecule has 4 N–H and O–H groups in total. The summed E-state index contributed by atoms with van der Waals surface area (Å²) in [4.78, 5) is 42.2. The third-order valence-corrected chi connectivity index (χ3v) is 7.21. The zero-order valence-corrected chi connectivity index (χ0v) is 19.7. The largest absolute Gasteiger partial charge is 0.465 e. The van der Waals surface area contributed by atoms with Crippen LogP contribution >= 0.6 is 0 Å². The molecule has 1 aliphatic heterocycles. The smallest absolute Gasteiger partial charge is 0.407 e. The van der Waals surface area contributed by atoms with Gasteiger partial charge < -0.3 is 20.0 Å². The Bertz CT molecular complexity index is 822. The normalized spacial score (nSPS) is 22.6. The maximum absolute atomic E-state index is 13.1. The first kappa shape index (κ1) is 25.8. The number of rotatable bonds is 8. The van der Waals surface area contributed by atoms with E-state index in [0.29, 0.717) is 38.8 Å². The molecule has 1 aliphatic carbocycles. The molecule has 3 amide bonds. The van der Waals surface area contributed by atoms with Gasteiger partial charge in [-0.1, -0.05) is 25.1 Å². The van der Waals surface area contributed by atoms with Crippen LogP contribution in [-0.4, -0.2) is 88.0 Å². The highest BCUT2D eigenvalue weighted by atomic mass is 16.5. The Morgan fingerprint density at radius 2 is 1.68 bits per heavy atom. The zero-order chi connectivity index (χ0) is 24.7. The number of carbonyl (C=O) groups excluding carboxylic acids is 2. The average Bonchev–Trinajstić information content (AvgIpc) is 2.87. The number of hydroxylamine groups is 1. The number of nitrogens with zero attached hydrogens (tertiary/aromatic N) is 3. The van der Waals surface area contributed by atoms with Crippen LogP contribution in [0.3, 0.4) is 0 Å². The molecular formula is C24H36N4O6. The first-order valence-corrected chi connectivity index (χ1v) is 12.0.